The Kier molecular flexibility index (Phi) is 5.10. The van der Waals surface area contributed by atoms with E-state index in [4.69, 9.17) is 4.74 Å². The summed E-state index contributed by atoms with van der Waals surface area (Å²) in [6.45, 7) is 0.855. The number of ether oxygens (including phenoxy) is 2. The van der Waals surface area contributed by atoms with Crippen molar-refractivity contribution in [2.24, 2.45) is 0 Å². The standard InChI is InChI=1S/C14H19F2NO2/c1-2-4-12-8-17-9-13(18-12)10-5-3-6-11(7-10)19-14(15)16/h3,5-7,12-14,17H,2,4,8-9H2,1H3. The molecule has 1 saturated heterocycles. The van der Waals surface area contributed by atoms with Gasteiger partial charge in [0, 0.05) is 13.1 Å². The lowest BCUT2D eigenvalue weighted by Gasteiger charge is -2.31. The van der Waals surface area contributed by atoms with E-state index in [1.54, 1.807) is 12.1 Å². The first-order chi connectivity index (χ1) is 9.19. The van der Waals surface area contributed by atoms with Crippen molar-refractivity contribution >= 4 is 0 Å². The Bertz CT molecular complexity index is 399. The highest BCUT2D eigenvalue weighted by Crippen LogP contribution is 2.26. The zero-order valence-electron chi connectivity index (χ0n) is 10.9. The van der Waals surface area contributed by atoms with E-state index in [9.17, 15) is 8.78 Å². The molecule has 2 unspecified atom stereocenters. The van der Waals surface area contributed by atoms with Gasteiger partial charge in [-0.05, 0) is 24.1 Å². The van der Waals surface area contributed by atoms with Crippen LogP contribution < -0.4 is 10.1 Å². The molecule has 1 aromatic rings. The molecule has 1 aliphatic heterocycles. The second-order valence-electron chi connectivity index (χ2n) is 4.64. The van der Waals surface area contributed by atoms with Crippen LogP contribution in [0.15, 0.2) is 24.3 Å². The minimum absolute atomic E-state index is 0.105. The van der Waals surface area contributed by atoms with Crippen LogP contribution in [0.5, 0.6) is 5.75 Å². The van der Waals surface area contributed by atoms with Gasteiger partial charge < -0.3 is 14.8 Å². The zero-order chi connectivity index (χ0) is 13.7. The molecule has 1 heterocycles. The molecule has 0 radical (unpaired) electrons. The predicted octanol–water partition coefficient (Wildman–Crippen LogP) is 3.12. The lowest BCUT2D eigenvalue weighted by Crippen LogP contribution is -2.40. The average molecular weight is 271 g/mol. The van der Waals surface area contributed by atoms with Gasteiger partial charge in [-0.15, -0.1) is 0 Å². The highest BCUT2D eigenvalue weighted by Gasteiger charge is 2.23. The SMILES string of the molecule is CCCC1CNCC(c2cccc(OC(F)F)c2)O1. The summed E-state index contributed by atoms with van der Waals surface area (Å²) in [7, 11) is 0. The highest BCUT2D eigenvalue weighted by molar-refractivity contribution is 5.30. The molecule has 0 bridgehead atoms. The fraction of sp³-hybridized carbons (Fsp3) is 0.571. The van der Waals surface area contributed by atoms with E-state index in [0.29, 0.717) is 6.54 Å². The number of halogens is 2. The normalized spacial score (nSPS) is 23.6. The average Bonchev–Trinajstić information content (AvgIpc) is 2.39. The summed E-state index contributed by atoms with van der Waals surface area (Å²) in [5.74, 6) is 0.175. The molecule has 106 valence electrons. The van der Waals surface area contributed by atoms with E-state index in [1.807, 2.05) is 6.07 Å². The number of benzene rings is 1. The monoisotopic (exact) mass is 271 g/mol. The summed E-state index contributed by atoms with van der Waals surface area (Å²) in [5.41, 5.74) is 0.867. The highest BCUT2D eigenvalue weighted by atomic mass is 19.3. The van der Waals surface area contributed by atoms with Gasteiger partial charge in [-0.1, -0.05) is 25.5 Å². The Morgan fingerprint density at radius 2 is 2.26 bits per heavy atom. The topological polar surface area (TPSA) is 30.5 Å². The Morgan fingerprint density at radius 1 is 1.42 bits per heavy atom. The fourth-order valence-electron chi connectivity index (χ4n) is 2.28. The van der Waals surface area contributed by atoms with Crippen LogP contribution in [-0.4, -0.2) is 25.8 Å². The van der Waals surface area contributed by atoms with Crippen LogP contribution >= 0.6 is 0 Å². The molecular weight excluding hydrogens is 252 g/mol. The molecule has 1 aliphatic rings. The van der Waals surface area contributed by atoms with Crippen molar-refractivity contribution in [2.75, 3.05) is 13.1 Å². The molecular formula is C14H19F2NO2. The predicted molar refractivity (Wildman–Crippen MR) is 68.5 cm³/mol. The number of hydrogen-bond donors (Lipinski definition) is 1. The van der Waals surface area contributed by atoms with Crippen molar-refractivity contribution in [3.8, 4) is 5.75 Å². The summed E-state index contributed by atoms with van der Waals surface area (Å²) in [5, 5.41) is 3.31. The van der Waals surface area contributed by atoms with Crippen LogP contribution in [0.4, 0.5) is 8.78 Å². The van der Waals surface area contributed by atoms with Gasteiger partial charge in [0.2, 0.25) is 0 Å². The van der Waals surface area contributed by atoms with Gasteiger partial charge >= 0.3 is 6.61 Å². The van der Waals surface area contributed by atoms with Crippen LogP contribution in [0, 0.1) is 0 Å². The Balaban J connectivity index is 2.04. The summed E-state index contributed by atoms with van der Waals surface area (Å²) < 4.78 is 34.8. The van der Waals surface area contributed by atoms with E-state index in [1.165, 1.54) is 6.07 Å². The molecule has 19 heavy (non-hydrogen) atoms. The second-order valence-corrected chi connectivity index (χ2v) is 4.64. The number of morpholine rings is 1. The lowest BCUT2D eigenvalue weighted by atomic mass is 10.1. The maximum atomic E-state index is 12.2. The van der Waals surface area contributed by atoms with Crippen molar-refractivity contribution in [1.82, 2.24) is 5.32 Å². The van der Waals surface area contributed by atoms with E-state index in [-0.39, 0.29) is 18.0 Å². The largest absolute Gasteiger partial charge is 0.435 e. The van der Waals surface area contributed by atoms with Crippen molar-refractivity contribution in [3.05, 3.63) is 29.8 Å². The molecule has 0 amide bonds. The van der Waals surface area contributed by atoms with Gasteiger partial charge in [0.05, 0.1) is 12.2 Å². The molecule has 0 aliphatic carbocycles. The van der Waals surface area contributed by atoms with Crippen LogP contribution in [0.25, 0.3) is 0 Å². The quantitative estimate of drug-likeness (QED) is 0.892. The minimum Gasteiger partial charge on any atom is -0.435 e. The van der Waals surface area contributed by atoms with E-state index >= 15 is 0 Å². The molecule has 3 nitrogen and oxygen atoms in total. The molecule has 2 atom stereocenters. The Labute approximate surface area is 111 Å². The van der Waals surface area contributed by atoms with Gasteiger partial charge in [0.25, 0.3) is 0 Å². The number of alkyl halides is 2. The van der Waals surface area contributed by atoms with Crippen molar-refractivity contribution in [2.45, 2.75) is 38.6 Å². The third-order valence-corrected chi connectivity index (χ3v) is 3.12. The first-order valence-corrected chi connectivity index (χ1v) is 6.60. The summed E-state index contributed by atoms with van der Waals surface area (Å²) >= 11 is 0. The van der Waals surface area contributed by atoms with E-state index in [2.05, 4.69) is 17.0 Å². The van der Waals surface area contributed by atoms with Crippen LogP contribution in [-0.2, 0) is 4.74 Å². The summed E-state index contributed by atoms with van der Waals surface area (Å²) in [4.78, 5) is 0. The molecule has 1 N–H and O–H groups in total. The maximum absolute atomic E-state index is 12.2. The number of rotatable bonds is 5. The zero-order valence-corrected chi connectivity index (χ0v) is 10.9. The number of hydrogen-bond acceptors (Lipinski definition) is 3. The Hall–Kier alpha value is -1.20. The third kappa shape index (κ3) is 4.14. The van der Waals surface area contributed by atoms with Crippen molar-refractivity contribution in [1.29, 1.82) is 0 Å². The summed E-state index contributed by atoms with van der Waals surface area (Å²) in [6, 6.07) is 6.72. The van der Waals surface area contributed by atoms with Gasteiger partial charge in [0.1, 0.15) is 5.75 Å². The Morgan fingerprint density at radius 3 is 3.00 bits per heavy atom. The van der Waals surface area contributed by atoms with Crippen LogP contribution in [0.2, 0.25) is 0 Å². The molecule has 5 heteroatoms. The fourth-order valence-corrected chi connectivity index (χ4v) is 2.28. The second kappa shape index (κ2) is 6.82. The van der Waals surface area contributed by atoms with Gasteiger partial charge in [-0.25, -0.2) is 0 Å². The maximum Gasteiger partial charge on any atom is 0.387 e. The minimum atomic E-state index is -2.80. The van der Waals surface area contributed by atoms with Crippen LogP contribution in [0.1, 0.15) is 31.4 Å². The first kappa shape index (κ1) is 14.2. The van der Waals surface area contributed by atoms with E-state index < -0.39 is 6.61 Å². The van der Waals surface area contributed by atoms with Gasteiger partial charge in [0.15, 0.2) is 0 Å². The first-order valence-electron chi connectivity index (χ1n) is 6.60. The third-order valence-electron chi connectivity index (χ3n) is 3.12. The van der Waals surface area contributed by atoms with Crippen LogP contribution in [0.3, 0.4) is 0 Å². The van der Waals surface area contributed by atoms with Gasteiger partial charge in [-0.2, -0.15) is 8.78 Å². The molecule has 1 aromatic carbocycles. The molecule has 2 rings (SSSR count). The van der Waals surface area contributed by atoms with E-state index in [0.717, 1.165) is 24.9 Å². The smallest absolute Gasteiger partial charge is 0.387 e. The molecule has 0 aromatic heterocycles. The molecule has 0 saturated carbocycles. The van der Waals surface area contributed by atoms with Crippen molar-refractivity contribution in [3.63, 3.8) is 0 Å². The summed E-state index contributed by atoms with van der Waals surface area (Å²) in [6.07, 6.45) is 2.14. The molecule has 0 spiro atoms. The molecule has 1 fully saturated rings. The number of nitrogens with one attached hydrogen (secondary N) is 1. The lowest BCUT2D eigenvalue weighted by molar-refractivity contribution is -0.0519. The van der Waals surface area contributed by atoms with Crippen molar-refractivity contribution < 1.29 is 18.3 Å². The van der Waals surface area contributed by atoms with Gasteiger partial charge in [-0.3, -0.25) is 0 Å².